The number of hydrogen-bond donors (Lipinski definition) is 2. The molecule has 9 heteroatoms. The van der Waals surface area contributed by atoms with Crippen molar-refractivity contribution in [2.75, 3.05) is 19.5 Å². The largest absolute Gasteiger partial charge is 0.495 e. The number of methoxy groups -OCH3 is 1. The van der Waals surface area contributed by atoms with E-state index < -0.39 is 27.6 Å². The molecule has 2 rings (SSSR count). The van der Waals surface area contributed by atoms with Crippen molar-refractivity contribution < 1.29 is 26.7 Å². The maximum Gasteiger partial charge on any atom is 0.248 e. The zero-order valence-corrected chi connectivity index (χ0v) is 14.7. The lowest BCUT2D eigenvalue weighted by Crippen LogP contribution is -2.19. The van der Waals surface area contributed by atoms with Crippen molar-refractivity contribution in [2.45, 2.75) is 4.90 Å². The lowest BCUT2D eigenvalue weighted by molar-refractivity contribution is -0.111. The highest BCUT2D eigenvalue weighted by molar-refractivity contribution is 7.89. The van der Waals surface area contributed by atoms with Gasteiger partial charge in [0.15, 0.2) is 11.6 Å². The number of anilines is 1. The molecule has 1 amide bonds. The molecular weight excluding hydrogens is 366 g/mol. The fraction of sp³-hybridized carbons (Fsp3) is 0.118. The molecule has 0 aromatic heterocycles. The first-order chi connectivity index (χ1) is 12.3. The van der Waals surface area contributed by atoms with Gasteiger partial charge in [0.25, 0.3) is 0 Å². The summed E-state index contributed by atoms with van der Waals surface area (Å²) in [6.07, 6.45) is 2.52. The zero-order valence-electron chi connectivity index (χ0n) is 13.9. The second-order valence-corrected chi connectivity index (χ2v) is 6.92. The predicted molar refractivity (Wildman–Crippen MR) is 93.3 cm³/mol. The molecule has 2 aromatic rings. The van der Waals surface area contributed by atoms with E-state index in [2.05, 4.69) is 10.0 Å². The van der Waals surface area contributed by atoms with Crippen molar-refractivity contribution in [3.05, 3.63) is 59.7 Å². The Morgan fingerprint density at radius 2 is 1.85 bits per heavy atom. The molecule has 138 valence electrons. The predicted octanol–water partition coefficient (Wildman–Crippen LogP) is 2.53. The van der Waals surface area contributed by atoms with Gasteiger partial charge < -0.3 is 10.1 Å². The van der Waals surface area contributed by atoms with Gasteiger partial charge in [-0.1, -0.05) is 6.07 Å². The molecule has 0 bridgehead atoms. The maximum atomic E-state index is 13.1. The van der Waals surface area contributed by atoms with E-state index in [1.807, 2.05) is 0 Å². The van der Waals surface area contributed by atoms with Gasteiger partial charge in [0, 0.05) is 17.8 Å². The van der Waals surface area contributed by atoms with Crippen LogP contribution < -0.4 is 14.8 Å². The summed E-state index contributed by atoms with van der Waals surface area (Å²) in [5.74, 6) is -2.54. The van der Waals surface area contributed by atoms with Crippen LogP contribution in [0.2, 0.25) is 0 Å². The SMILES string of the molecule is CNS(=O)(=O)c1cc(/C=C/C(=O)Nc2ccc(F)c(F)c2)ccc1OC. The summed E-state index contributed by atoms with van der Waals surface area (Å²) in [5, 5.41) is 2.37. The van der Waals surface area contributed by atoms with Gasteiger partial charge in [0.2, 0.25) is 15.9 Å². The molecule has 2 aromatic carbocycles. The number of amides is 1. The minimum absolute atomic E-state index is 0.0781. The summed E-state index contributed by atoms with van der Waals surface area (Å²) >= 11 is 0. The van der Waals surface area contributed by atoms with Crippen LogP contribution in [0.1, 0.15) is 5.56 Å². The standard InChI is InChI=1S/C17H16F2N2O4S/c1-20-26(23,24)16-9-11(3-7-15(16)25-2)4-8-17(22)21-12-5-6-13(18)14(19)10-12/h3-10,20H,1-2H3,(H,21,22)/b8-4+. The summed E-state index contributed by atoms with van der Waals surface area (Å²) in [6, 6.07) is 7.33. The van der Waals surface area contributed by atoms with Crippen molar-refractivity contribution in [3.63, 3.8) is 0 Å². The van der Waals surface area contributed by atoms with Crippen LogP contribution in [0.5, 0.6) is 5.75 Å². The van der Waals surface area contributed by atoms with Gasteiger partial charge in [-0.15, -0.1) is 0 Å². The molecule has 0 saturated carbocycles. The normalized spacial score (nSPS) is 11.5. The molecule has 0 aliphatic heterocycles. The van der Waals surface area contributed by atoms with Crippen LogP contribution in [0.3, 0.4) is 0 Å². The fourth-order valence-electron chi connectivity index (χ4n) is 2.05. The highest BCUT2D eigenvalue weighted by Gasteiger charge is 2.17. The Morgan fingerprint density at radius 3 is 2.46 bits per heavy atom. The minimum atomic E-state index is -3.75. The van der Waals surface area contributed by atoms with E-state index in [1.54, 1.807) is 6.07 Å². The summed E-state index contributed by atoms with van der Waals surface area (Å²) in [4.78, 5) is 11.8. The monoisotopic (exact) mass is 382 g/mol. The molecule has 0 saturated heterocycles. The lowest BCUT2D eigenvalue weighted by Gasteiger charge is -2.09. The molecule has 0 heterocycles. The van der Waals surface area contributed by atoms with Crippen LogP contribution in [-0.2, 0) is 14.8 Å². The molecule has 2 N–H and O–H groups in total. The molecule has 0 unspecified atom stereocenters. The van der Waals surface area contributed by atoms with E-state index in [4.69, 9.17) is 4.74 Å². The first kappa shape index (κ1) is 19.5. The molecule has 0 spiro atoms. The molecule has 0 atom stereocenters. The van der Waals surface area contributed by atoms with E-state index in [1.165, 1.54) is 38.4 Å². The van der Waals surface area contributed by atoms with E-state index >= 15 is 0 Å². The Labute approximate surface area is 149 Å². The van der Waals surface area contributed by atoms with Gasteiger partial charge in [-0.3, -0.25) is 4.79 Å². The number of halogens is 2. The number of carbonyl (C=O) groups is 1. The van der Waals surface area contributed by atoms with Crippen LogP contribution in [0, 0.1) is 11.6 Å². The Balaban J connectivity index is 2.20. The lowest BCUT2D eigenvalue weighted by atomic mass is 10.2. The Kier molecular flexibility index (Phi) is 6.06. The first-order valence-electron chi connectivity index (χ1n) is 7.32. The maximum absolute atomic E-state index is 13.1. The topological polar surface area (TPSA) is 84.5 Å². The third kappa shape index (κ3) is 4.64. The summed E-state index contributed by atoms with van der Waals surface area (Å²) in [5.41, 5.74) is 0.520. The average molecular weight is 382 g/mol. The van der Waals surface area contributed by atoms with E-state index in [0.29, 0.717) is 5.56 Å². The Bertz CT molecular complexity index is 959. The Hall–Kier alpha value is -2.78. The van der Waals surface area contributed by atoms with Crippen LogP contribution in [-0.4, -0.2) is 28.5 Å². The van der Waals surface area contributed by atoms with Crippen molar-refractivity contribution in [1.29, 1.82) is 0 Å². The zero-order chi connectivity index (χ0) is 19.3. The van der Waals surface area contributed by atoms with Crippen LogP contribution in [0.4, 0.5) is 14.5 Å². The second kappa shape index (κ2) is 8.07. The fourth-order valence-corrected chi connectivity index (χ4v) is 2.97. The summed E-state index contributed by atoms with van der Waals surface area (Å²) in [6.45, 7) is 0. The molecular formula is C17H16F2N2O4S. The first-order valence-corrected chi connectivity index (χ1v) is 8.81. The van der Waals surface area contributed by atoms with Crippen molar-refractivity contribution in [3.8, 4) is 5.75 Å². The van der Waals surface area contributed by atoms with Gasteiger partial charge in [-0.2, -0.15) is 0 Å². The number of ether oxygens (including phenoxy) is 1. The smallest absolute Gasteiger partial charge is 0.248 e. The molecule has 0 aliphatic rings. The number of nitrogens with one attached hydrogen (secondary N) is 2. The van der Waals surface area contributed by atoms with Gasteiger partial charge in [-0.05, 0) is 43.0 Å². The summed E-state index contributed by atoms with van der Waals surface area (Å²) < 4.78 is 57.2. The van der Waals surface area contributed by atoms with Gasteiger partial charge in [-0.25, -0.2) is 21.9 Å². The quantitative estimate of drug-likeness (QED) is 0.752. The van der Waals surface area contributed by atoms with Crippen LogP contribution in [0.15, 0.2) is 47.4 Å². The molecule has 0 radical (unpaired) electrons. The van der Waals surface area contributed by atoms with Crippen molar-refractivity contribution in [1.82, 2.24) is 4.72 Å². The van der Waals surface area contributed by atoms with Gasteiger partial charge >= 0.3 is 0 Å². The van der Waals surface area contributed by atoms with Gasteiger partial charge in [0.05, 0.1) is 7.11 Å². The van der Waals surface area contributed by atoms with Crippen LogP contribution >= 0.6 is 0 Å². The average Bonchev–Trinajstić information content (AvgIpc) is 2.62. The number of sulfonamides is 1. The van der Waals surface area contributed by atoms with E-state index in [9.17, 15) is 22.0 Å². The minimum Gasteiger partial charge on any atom is -0.495 e. The molecule has 0 fully saturated rings. The molecule has 26 heavy (non-hydrogen) atoms. The van der Waals surface area contributed by atoms with E-state index in [0.717, 1.165) is 18.2 Å². The second-order valence-electron chi connectivity index (χ2n) is 5.07. The highest BCUT2D eigenvalue weighted by atomic mass is 32.2. The van der Waals surface area contributed by atoms with Crippen LogP contribution in [0.25, 0.3) is 6.08 Å². The third-order valence-electron chi connectivity index (χ3n) is 3.36. The number of rotatable bonds is 6. The number of benzene rings is 2. The Morgan fingerprint density at radius 1 is 1.12 bits per heavy atom. The summed E-state index contributed by atoms with van der Waals surface area (Å²) in [7, 11) is -1.13. The number of hydrogen-bond acceptors (Lipinski definition) is 4. The van der Waals surface area contributed by atoms with E-state index in [-0.39, 0.29) is 16.3 Å². The number of carbonyl (C=O) groups excluding carboxylic acids is 1. The van der Waals surface area contributed by atoms with Crippen molar-refractivity contribution >= 4 is 27.7 Å². The van der Waals surface area contributed by atoms with Crippen molar-refractivity contribution in [2.24, 2.45) is 0 Å². The highest BCUT2D eigenvalue weighted by Crippen LogP contribution is 2.25. The third-order valence-corrected chi connectivity index (χ3v) is 4.80. The van der Waals surface area contributed by atoms with Gasteiger partial charge in [0.1, 0.15) is 10.6 Å². The molecule has 0 aliphatic carbocycles. The molecule has 6 nitrogen and oxygen atoms in total.